The van der Waals surface area contributed by atoms with Gasteiger partial charge in [-0.25, -0.2) is 4.98 Å². The molecule has 0 atom stereocenters. The number of pyridine rings is 1. The van der Waals surface area contributed by atoms with Crippen molar-refractivity contribution >= 4 is 15.9 Å². The van der Waals surface area contributed by atoms with Crippen molar-refractivity contribution in [3.63, 3.8) is 0 Å². The molecule has 76 valence electrons. The summed E-state index contributed by atoms with van der Waals surface area (Å²) in [5.41, 5.74) is 0.934. The quantitative estimate of drug-likeness (QED) is 0.819. The number of hydrogen-bond donors (Lipinski definition) is 0. The lowest BCUT2D eigenvalue weighted by Crippen LogP contribution is -1.90. The van der Waals surface area contributed by atoms with Crippen LogP contribution in [0.25, 0.3) is 0 Å². The number of rotatable bonds is 2. The van der Waals surface area contributed by atoms with Crippen molar-refractivity contribution in [3.05, 3.63) is 52.6 Å². The average Bonchev–Trinajstić information content (AvgIpc) is 2.25. The van der Waals surface area contributed by atoms with Gasteiger partial charge in [0.25, 0.3) is 0 Å². The van der Waals surface area contributed by atoms with Gasteiger partial charge in [0.15, 0.2) is 0 Å². The molecule has 0 saturated carbocycles. The van der Waals surface area contributed by atoms with Crippen LogP contribution < -0.4 is 4.74 Å². The number of ether oxygens (including phenoxy) is 1. The highest BCUT2D eigenvalue weighted by atomic mass is 79.9. The number of hydrogen-bond acceptors (Lipinski definition) is 2. The molecule has 0 spiro atoms. The third-order valence-electron chi connectivity index (χ3n) is 1.91. The summed E-state index contributed by atoms with van der Waals surface area (Å²) in [6.07, 6.45) is 0. The highest BCUT2D eigenvalue weighted by Gasteiger charge is 2.03. The first-order valence-corrected chi connectivity index (χ1v) is 5.41. The number of aryl methyl sites for hydroxylation is 1. The number of aromatic nitrogens is 1. The van der Waals surface area contributed by atoms with Crippen molar-refractivity contribution in [1.29, 1.82) is 0 Å². The molecular weight excluding hydrogens is 254 g/mol. The molecule has 0 amide bonds. The summed E-state index contributed by atoms with van der Waals surface area (Å²) >= 11 is 3.40. The van der Waals surface area contributed by atoms with E-state index in [0.717, 1.165) is 15.9 Å². The Balaban J connectivity index is 2.28. The predicted octanol–water partition coefficient (Wildman–Crippen LogP) is 3.94. The summed E-state index contributed by atoms with van der Waals surface area (Å²) in [7, 11) is 0. The first-order chi connectivity index (χ1) is 7.25. The molecule has 0 unspecified atom stereocenters. The van der Waals surface area contributed by atoms with E-state index >= 15 is 0 Å². The summed E-state index contributed by atoms with van der Waals surface area (Å²) in [6.45, 7) is 1.93. The number of benzene rings is 1. The van der Waals surface area contributed by atoms with Crippen molar-refractivity contribution < 1.29 is 4.74 Å². The van der Waals surface area contributed by atoms with Crippen molar-refractivity contribution in [2.24, 2.45) is 0 Å². The highest BCUT2D eigenvalue weighted by Crippen LogP contribution is 2.27. The van der Waals surface area contributed by atoms with Crippen LogP contribution in [-0.2, 0) is 0 Å². The summed E-state index contributed by atoms with van der Waals surface area (Å²) in [5, 5.41) is 0. The zero-order chi connectivity index (χ0) is 10.7. The molecule has 0 bridgehead atoms. The second kappa shape index (κ2) is 4.45. The van der Waals surface area contributed by atoms with Gasteiger partial charge in [0.1, 0.15) is 5.75 Å². The number of para-hydroxylation sites is 1. The van der Waals surface area contributed by atoms with Gasteiger partial charge in [-0.05, 0) is 47.1 Å². The smallest absolute Gasteiger partial charge is 0.233 e. The molecule has 15 heavy (non-hydrogen) atoms. The van der Waals surface area contributed by atoms with Crippen LogP contribution in [0.15, 0.2) is 46.9 Å². The van der Waals surface area contributed by atoms with E-state index in [1.165, 1.54) is 0 Å². The van der Waals surface area contributed by atoms with Gasteiger partial charge in [-0.3, -0.25) is 0 Å². The molecule has 1 aromatic heterocycles. The molecular formula is C12H10BrNO. The Bertz CT molecular complexity index is 456. The molecule has 2 nitrogen and oxygen atoms in total. The van der Waals surface area contributed by atoms with E-state index in [1.54, 1.807) is 0 Å². The summed E-state index contributed by atoms with van der Waals surface area (Å²) < 4.78 is 6.49. The van der Waals surface area contributed by atoms with Crippen LogP contribution in [0, 0.1) is 6.92 Å². The lowest BCUT2D eigenvalue weighted by molar-refractivity contribution is 0.458. The Morgan fingerprint density at radius 1 is 1.07 bits per heavy atom. The van der Waals surface area contributed by atoms with Crippen LogP contribution in [0.3, 0.4) is 0 Å². The van der Waals surface area contributed by atoms with Gasteiger partial charge in [-0.15, -0.1) is 0 Å². The van der Waals surface area contributed by atoms with E-state index in [4.69, 9.17) is 4.74 Å². The molecule has 0 saturated heterocycles. The first-order valence-electron chi connectivity index (χ1n) is 4.62. The second-order valence-corrected chi connectivity index (χ2v) is 4.01. The van der Waals surface area contributed by atoms with E-state index < -0.39 is 0 Å². The third kappa shape index (κ3) is 2.57. The summed E-state index contributed by atoms with van der Waals surface area (Å²) in [4.78, 5) is 4.30. The fraction of sp³-hybridized carbons (Fsp3) is 0.0833. The molecule has 0 aliphatic rings. The molecule has 0 aliphatic heterocycles. The van der Waals surface area contributed by atoms with Crippen molar-refractivity contribution in [1.82, 2.24) is 4.98 Å². The van der Waals surface area contributed by atoms with E-state index in [1.807, 2.05) is 49.4 Å². The third-order valence-corrected chi connectivity index (χ3v) is 2.51. The predicted molar refractivity (Wildman–Crippen MR) is 63.2 cm³/mol. The summed E-state index contributed by atoms with van der Waals surface area (Å²) in [6, 6.07) is 13.5. The molecule has 0 aliphatic carbocycles. The summed E-state index contributed by atoms with van der Waals surface area (Å²) in [5.74, 6) is 1.39. The van der Waals surface area contributed by atoms with Gasteiger partial charge < -0.3 is 4.74 Å². The molecule has 0 fully saturated rings. The Labute approximate surface area is 97.1 Å². The van der Waals surface area contributed by atoms with Crippen molar-refractivity contribution in [2.75, 3.05) is 0 Å². The normalized spacial score (nSPS) is 10.0. The Hall–Kier alpha value is -1.35. The largest absolute Gasteiger partial charge is 0.438 e. The molecule has 3 heteroatoms. The minimum Gasteiger partial charge on any atom is -0.438 e. The molecule has 2 aromatic rings. The minimum absolute atomic E-state index is 0.598. The van der Waals surface area contributed by atoms with Gasteiger partial charge in [-0.2, -0.15) is 0 Å². The van der Waals surface area contributed by atoms with Crippen LogP contribution >= 0.6 is 15.9 Å². The van der Waals surface area contributed by atoms with Crippen LogP contribution in [0.5, 0.6) is 11.6 Å². The fourth-order valence-corrected chi connectivity index (χ4v) is 1.49. The highest BCUT2D eigenvalue weighted by molar-refractivity contribution is 9.10. The van der Waals surface area contributed by atoms with Crippen molar-refractivity contribution in [2.45, 2.75) is 6.92 Å². The van der Waals surface area contributed by atoms with Gasteiger partial charge in [-0.1, -0.05) is 18.2 Å². The first kappa shape index (κ1) is 10.2. The van der Waals surface area contributed by atoms with E-state index in [2.05, 4.69) is 20.9 Å². The molecule has 0 N–H and O–H groups in total. The zero-order valence-corrected chi connectivity index (χ0v) is 9.86. The Morgan fingerprint density at radius 3 is 2.53 bits per heavy atom. The maximum absolute atomic E-state index is 5.63. The topological polar surface area (TPSA) is 22.1 Å². The van der Waals surface area contributed by atoms with Gasteiger partial charge in [0.2, 0.25) is 5.88 Å². The van der Waals surface area contributed by atoms with Crippen molar-refractivity contribution in [3.8, 4) is 11.6 Å². The molecule has 1 heterocycles. The SMILES string of the molecule is Cc1ccc(Br)c(Oc2ccccc2)n1. The Kier molecular flexibility index (Phi) is 3.02. The standard InChI is InChI=1S/C12H10BrNO/c1-9-7-8-11(13)12(14-9)15-10-5-3-2-4-6-10/h2-8H,1H3. The monoisotopic (exact) mass is 263 g/mol. The maximum Gasteiger partial charge on any atom is 0.233 e. The van der Waals surface area contributed by atoms with Gasteiger partial charge >= 0.3 is 0 Å². The van der Waals surface area contributed by atoms with Crippen LogP contribution in [0.1, 0.15) is 5.69 Å². The zero-order valence-electron chi connectivity index (χ0n) is 8.27. The lowest BCUT2D eigenvalue weighted by Gasteiger charge is -2.06. The number of halogens is 1. The van der Waals surface area contributed by atoms with E-state index in [9.17, 15) is 0 Å². The number of nitrogens with zero attached hydrogens (tertiary/aromatic N) is 1. The van der Waals surface area contributed by atoms with Crippen LogP contribution in [0.4, 0.5) is 0 Å². The van der Waals surface area contributed by atoms with Gasteiger partial charge in [0.05, 0.1) is 4.47 Å². The average molecular weight is 264 g/mol. The molecule has 0 radical (unpaired) electrons. The maximum atomic E-state index is 5.63. The van der Waals surface area contributed by atoms with E-state index in [-0.39, 0.29) is 0 Å². The lowest BCUT2D eigenvalue weighted by atomic mass is 10.3. The van der Waals surface area contributed by atoms with E-state index in [0.29, 0.717) is 5.88 Å². The molecule has 1 aromatic carbocycles. The van der Waals surface area contributed by atoms with Crippen LogP contribution in [-0.4, -0.2) is 4.98 Å². The Morgan fingerprint density at radius 2 is 1.80 bits per heavy atom. The molecule has 2 rings (SSSR count). The minimum atomic E-state index is 0.598. The van der Waals surface area contributed by atoms with Crippen LogP contribution in [0.2, 0.25) is 0 Å². The fourth-order valence-electron chi connectivity index (χ4n) is 1.19. The van der Waals surface area contributed by atoms with Gasteiger partial charge in [0, 0.05) is 5.69 Å². The second-order valence-electron chi connectivity index (χ2n) is 3.15.